The molecule has 88 valence electrons. The number of likely N-dealkylation sites (tertiary alicyclic amines) is 1. The maximum atomic E-state index is 12.1. The molecule has 0 aromatic carbocycles. The van der Waals surface area contributed by atoms with Crippen molar-refractivity contribution in [3.63, 3.8) is 0 Å². The van der Waals surface area contributed by atoms with Crippen LogP contribution in [0.2, 0.25) is 0 Å². The van der Waals surface area contributed by atoms with E-state index < -0.39 is 0 Å². The van der Waals surface area contributed by atoms with Gasteiger partial charge in [-0.3, -0.25) is 0 Å². The first-order valence-electron chi connectivity index (χ1n) is 5.80. The van der Waals surface area contributed by atoms with E-state index in [0.717, 1.165) is 25.9 Å². The molecule has 4 heteroatoms. The van der Waals surface area contributed by atoms with Gasteiger partial charge in [0.1, 0.15) is 12.4 Å². The summed E-state index contributed by atoms with van der Waals surface area (Å²) in [6, 6.07) is 0.0936. The van der Waals surface area contributed by atoms with Crippen LogP contribution in [0.1, 0.15) is 26.7 Å². The molecule has 1 amide bonds. The van der Waals surface area contributed by atoms with Gasteiger partial charge in [0.25, 0.3) is 6.33 Å². The summed E-state index contributed by atoms with van der Waals surface area (Å²) in [5, 5.41) is 0. The van der Waals surface area contributed by atoms with E-state index in [4.69, 9.17) is 0 Å². The van der Waals surface area contributed by atoms with Crippen LogP contribution >= 0.6 is 0 Å². The fraction of sp³-hybridized carbons (Fsp3) is 0.667. The first kappa shape index (κ1) is 11.2. The van der Waals surface area contributed by atoms with Gasteiger partial charge in [-0.25, -0.2) is 9.36 Å². The van der Waals surface area contributed by atoms with Crippen LogP contribution < -0.4 is 4.57 Å². The zero-order valence-electron chi connectivity index (χ0n) is 10.3. The number of carbonyl (C=O) groups is 1. The van der Waals surface area contributed by atoms with Crippen molar-refractivity contribution >= 4 is 6.03 Å². The monoisotopic (exact) mass is 222 g/mol. The molecule has 0 spiro atoms. The third-order valence-electron chi connectivity index (χ3n) is 3.38. The van der Waals surface area contributed by atoms with Crippen molar-refractivity contribution in [2.45, 2.75) is 26.7 Å². The lowest BCUT2D eigenvalue weighted by Gasteiger charge is -2.35. The fourth-order valence-corrected chi connectivity index (χ4v) is 2.03. The lowest BCUT2D eigenvalue weighted by Crippen LogP contribution is -2.43. The Labute approximate surface area is 96.5 Å². The number of piperidine rings is 1. The number of carbonyl (C=O) groups excluding carboxylic acids is 1. The van der Waals surface area contributed by atoms with Crippen LogP contribution in [0.5, 0.6) is 0 Å². The van der Waals surface area contributed by atoms with Crippen molar-refractivity contribution < 1.29 is 9.36 Å². The van der Waals surface area contributed by atoms with Crippen molar-refractivity contribution in [1.82, 2.24) is 9.47 Å². The lowest BCUT2D eigenvalue weighted by atomic mass is 9.83. The van der Waals surface area contributed by atoms with E-state index in [1.807, 2.05) is 35.2 Å². The highest BCUT2D eigenvalue weighted by atomic mass is 16.2. The highest BCUT2D eigenvalue weighted by molar-refractivity contribution is 5.76. The summed E-state index contributed by atoms with van der Waals surface area (Å²) in [5.41, 5.74) is 0.387. The Kier molecular flexibility index (Phi) is 2.74. The van der Waals surface area contributed by atoms with E-state index in [-0.39, 0.29) is 6.03 Å². The quantitative estimate of drug-likeness (QED) is 0.610. The number of imidazole rings is 1. The van der Waals surface area contributed by atoms with Crippen molar-refractivity contribution in [2.24, 2.45) is 12.5 Å². The van der Waals surface area contributed by atoms with Crippen molar-refractivity contribution in [3.8, 4) is 0 Å². The summed E-state index contributed by atoms with van der Waals surface area (Å²) < 4.78 is 3.53. The van der Waals surface area contributed by atoms with Gasteiger partial charge in [0.2, 0.25) is 0 Å². The van der Waals surface area contributed by atoms with Crippen LogP contribution in [0.15, 0.2) is 18.7 Å². The Hall–Kier alpha value is -1.32. The van der Waals surface area contributed by atoms with Crippen molar-refractivity contribution in [3.05, 3.63) is 18.7 Å². The molecule has 1 fully saturated rings. The van der Waals surface area contributed by atoms with E-state index >= 15 is 0 Å². The van der Waals surface area contributed by atoms with Crippen LogP contribution in [-0.2, 0) is 7.05 Å². The van der Waals surface area contributed by atoms with Crippen LogP contribution in [0.4, 0.5) is 4.79 Å². The minimum Gasteiger partial charge on any atom is -0.304 e. The van der Waals surface area contributed by atoms with Gasteiger partial charge in [-0.1, -0.05) is 13.8 Å². The molecule has 0 unspecified atom stereocenters. The minimum absolute atomic E-state index is 0.0936. The molecule has 1 aliphatic rings. The SMILES string of the molecule is C[n+]1ccn(C(=O)N2CCC(C)(C)CC2)c1. The van der Waals surface area contributed by atoms with E-state index in [1.165, 1.54) is 0 Å². The predicted octanol–water partition coefficient (Wildman–Crippen LogP) is 1.40. The smallest absolute Gasteiger partial charge is 0.304 e. The summed E-state index contributed by atoms with van der Waals surface area (Å²) in [7, 11) is 1.92. The summed E-state index contributed by atoms with van der Waals surface area (Å²) >= 11 is 0. The summed E-state index contributed by atoms with van der Waals surface area (Å²) in [6.07, 6.45) is 7.67. The second-order valence-corrected chi connectivity index (χ2v) is 5.42. The van der Waals surface area contributed by atoms with E-state index in [9.17, 15) is 4.79 Å². The highest BCUT2D eigenvalue weighted by Gasteiger charge is 2.30. The number of aryl methyl sites for hydroxylation is 1. The molecule has 16 heavy (non-hydrogen) atoms. The third kappa shape index (κ3) is 2.26. The average molecular weight is 222 g/mol. The van der Waals surface area contributed by atoms with E-state index in [1.54, 1.807) is 4.57 Å². The van der Waals surface area contributed by atoms with Crippen molar-refractivity contribution in [2.75, 3.05) is 13.1 Å². The molecule has 0 aliphatic carbocycles. The third-order valence-corrected chi connectivity index (χ3v) is 3.38. The Morgan fingerprint density at radius 3 is 2.44 bits per heavy atom. The maximum absolute atomic E-state index is 12.1. The van der Waals surface area contributed by atoms with Gasteiger partial charge in [-0.15, -0.1) is 0 Å². The molecule has 1 aliphatic heterocycles. The van der Waals surface area contributed by atoms with Gasteiger partial charge >= 0.3 is 6.03 Å². The molecule has 2 rings (SSSR count). The Balaban J connectivity index is 2.02. The minimum atomic E-state index is 0.0936. The van der Waals surface area contributed by atoms with Crippen LogP contribution in [0.25, 0.3) is 0 Å². The largest absolute Gasteiger partial charge is 0.415 e. The first-order valence-corrected chi connectivity index (χ1v) is 5.80. The zero-order valence-corrected chi connectivity index (χ0v) is 10.3. The van der Waals surface area contributed by atoms with Gasteiger partial charge < -0.3 is 4.90 Å². The molecule has 0 atom stereocenters. The standard InChI is InChI=1S/C12H20N3O/c1-12(2)4-6-14(7-5-12)11(16)15-9-8-13(3)10-15/h8-10H,4-7H2,1-3H3/q+1. The summed E-state index contributed by atoms with van der Waals surface area (Å²) in [4.78, 5) is 14.0. The normalized spacial score (nSPS) is 19.8. The molecule has 0 radical (unpaired) electrons. The number of hydrogen-bond acceptors (Lipinski definition) is 1. The average Bonchev–Trinajstić information content (AvgIpc) is 2.64. The summed E-state index contributed by atoms with van der Waals surface area (Å²) in [6.45, 7) is 6.27. The van der Waals surface area contributed by atoms with Gasteiger partial charge in [-0.2, -0.15) is 4.57 Å². The van der Waals surface area contributed by atoms with Crippen LogP contribution in [0.3, 0.4) is 0 Å². The maximum Gasteiger partial charge on any atom is 0.415 e. The van der Waals surface area contributed by atoms with Gasteiger partial charge in [-0.05, 0) is 18.3 Å². The highest BCUT2D eigenvalue weighted by Crippen LogP contribution is 2.29. The number of amides is 1. The molecule has 0 bridgehead atoms. The van der Waals surface area contributed by atoms with E-state index in [0.29, 0.717) is 5.41 Å². The predicted molar refractivity (Wildman–Crippen MR) is 61.0 cm³/mol. The topological polar surface area (TPSA) is 29.1 Å². The molecule has 1 aromatic heterocycles. The molecule has 1 saturated heterocycles. The molecular weight excluding hydrogens is 202 g/mol. The number of nitrogens with zero attached hydrogens (tertiary/aromatic N) is 3. The second-order valence-electron chi connectivity index (χ2n) is 5.42. The van der Waals surface area contributed by atoms with E-state index in [2.05, 4.69) is 13.8 Å². The molecule has 0 N–H and O–H groups in total. The number of aromatic nitrogens is 2. The fourth-order valence-electron chi connectivity index (χ4n) is 2.03. The molecule has 0 saturated carbocycles. The Morgan fingerprint density at radius 1 is 1.31 bits per heavy atom. The lowest BCUT2D eigenvalue weighted by molar-refractivity contribution is -0.670. The molecule has 1 aromatic rings. The van der Waals surface area contributed by atoms with Gasteiger partial charge in [0.05, 0.1) is 7.05 Å². The zero-order chi connectivity index (χ0) is 11.8. The Morgan fingerprint density at radius 2 is 1.94 bits per heavy atom. The molecule has 4 nitrogen and oxygen atoms in total. The van der Waals surface area contributed by atoms with Crippen molar-refractivity contribution in [1.29, 1.82) is 0 Å². The Bertz CT molecular complexity index is 385. The van der Waals surface area contributed by atoms with Crippen LogP contribution in [-0.4, -0.2) is 28.6 Å². The van der Waals surface area contributed by atoms with Gasteiger partial charge in [0.15, 0.2) is 0 Å². The molecular formula is C12H20N3O+. The first-order chi connectivity index (χ1) is 7.48. The summed E-state index contributed by atoms with van der Waals surface area (Å²) in [5.74, 6) is 0. The second kappa shape index (κ2) is 3.92. The van der Waals surface area contributed by atoms with Gasteiger partial charge in [0, 0.05) is 13.1 Å². The molecule has 2 heterocycles. The number of rotatable bonds is 0. The van der Waals surface area contributed by atoms with Crippen LogP contribution in [0, 0.1) is 5.41 Å². The number of hydrogen-bond donors (Lipinski definition) is 0.